The molecule has 0 aliphatic carbocycles. The minimum Gasteiger partial charge on any atom is -0.457 e. The molecule has 1 amide bonds. The molecule has 4 heterocycles. The van der Waals surface area contributed by atoms with Crippen LogP contribution in [-0.4, -0.2) is 80.3 Å². The van der Waals surface area contributed by atoms with Gasteiger partial charge in [-0.05, 0) is 57.0 Å². The third kappa shape index (κ3) is 6.22. The number of nitrogens with two attached hydrogens (primary N) is 1. The third-order valence-corrected chi connectivity index (χ3v) is 8.50. The van der Waals surface area contributed by atoms with Crippen molar-refractivity contribution in [1.29, 1.82) is 5.26 Å². The van der Waals surface area contributed by atoms with Crippen molar-refractivity contribution in [3.63, 3.8) is 0 Å². The van der Waals surface area contributed by atoms with Crippen molar-refractivity contribution in [2.75, 3.05) is 45.0 Å². The summed E-state index contributed by atoms with van der Waals surface area (Å²) in [6.07, 6.45) is 4.56. The van der Waals surface area contributed by atoms with Crippen LogP contribution in [0.2, 0.25) is 0 Å². The number of anilines is 1. The van der Waals surface area contributed by atoms with Gasteiger partial charge in [-0.1, -0.05) is 18.2 Å². The Kier molecular flexibility index (Phi) is 8.47. The van der Waals surface area contributed by atoms with Crippen LogP contribution in [-0.2, 0) is 4.79 Å². The van der Waals surface area contributed by atoms with Crippen molar-refractivity contribution in [1.82, 2.24) is 34.9 Å². The van der Waals surface area contributed by atoms with Gasteiger partial charge in [-0.3, -0.25) is 9.69 Å². The van der Waals surface area contributed by atoms with Crippen LogP contribution in [0.1, 0.15) is 32.7 Å². The average molecular weight is 610 g/mol. The zero-order valence-electron chi connectivity index (χ0n) is 25.4. The molecule has 12 heteroatoms. The van der Waals surface area contributed by atoms with Crippen LogP contribution < -0.4 is 15.8 Å². The topological polar surface area (TPSA) is 138 Å². The average Bonchev–Trinajstić information content (AvgIpc) is 3.45. The molecule has 1 atom stereocenters. The second-order valence-electron chi connectivity index (χ2n) is 11.9. The molecule has 0 unspecified atom stereocenters. The van der Waals surface area contributed by atoms with Crippen LogP contribution in [0.5, 0.6) is 11.5 Å². The van der Waals surface area contributed by atoms with E-state index in [0.717, 1.165) is 26.2 Å². The number of carbonyl (C=O) groups excluding carboxylic acids is 1. The number of fused-ring (bicyclic) bond motifs is 1. The standard InChI is InChI=1S/C33H36FN9O2/c1-33(2,42-15-12-37-13-16-42)18-22(19-35)32(44)41-14-6-7-23(20-41)43-31-28(30(36)38-21-39-31)29(40-43)26-11-10-25(17-27(26)34)45-24-8-4-3-5-9-24/h3-5,8-11,17-18,21,23,37H,6-7,12-16,20H2,1-2H3,(H2,36,38,39)/b22-18-/t23-/m0/s1. The van der Waals surface area contributed by atoms with Gasteiger partial charge in [-0.15, -0.1) is 0 Å². The largest absolute Gasteiger partial charge is 0.457 e. The number of nitriles is 1. The van der Waals surface area contributed by atoms with Gasteiger partial charge in [-0.25, -0.2) is 19.0 Å². The number of nitrogens with one attached hydrogen (secondary N) is 1. The van der Waals surface area contributed by atoms with Crippen LogP contribution in [0.3, 0.4) is 0 Å². The van der Waals surface area contributed by atoms with E-state index in [1.165, 1.54) is 12.4 Å². The highest BCUT2D eigenvalue weighted by Crippen LogP contribution is 2.36. The SMILES string of the molecule is CC(C)(/C=C(/C#N)C(=O)N1CCC[C@H](n2nc(-c3ccc(Oc4ccccc4)cc3F)c3c(N)ncnc32)C1)N1CCNCC1. The molecule has 2 aliphatic rings. The minimum absolute atomic E-state index is 0.122. The Labute approximate surface area is 261 Å². The number of likely N-dealkylation sites (tertiary alicyclic amines) is 1. The van der Waals surface area contributed by atoms with Crippen LogP contribution in [0, 0.1) is 17.1 Å². The van der Waals surface area contributed by atoms with Crippen LogP contribution >= 0.6 is 0 Å². The summed E-state index contributed by atoms with van der Waals surface area (Å²) in [5.74, 6) is 0.276. The van der Waals surface area contributed by atoms with E-state index in [9.17, 15) is 10.1 Å². The number of hydrogen-bond acceptors (Lipinski definition) is 9. The molecule has 4 aromatic rings. The van der Waals surface area contributed by atoms with Crippen molar-refractivity contribution < 1.29 is 13.9 Å². The van der Waals surface area contributed by atoms with E-state index in [2.05, 4.69) is 26.3 Å². The van der Waals surface area contributed by atoms with Crippen LogP contribution in [0.4, 0.5) is 10.2 Å². The fourth-order valence-electron chi connectivity index (χ4n) is 6.15. The van der Waals surface area contributed by atoms with Gasteiger partial charge in [0.25, 0.3) is 5.91 Å². The first-order chi connectivity index (χ1) is 21.7. The van der Waals surface area contributed by atoms with Gasteiger partial charge in [0, 0.05) is 56.4 Å². The van der Waals surface area contributed by atoms with Crippen molar-refractivity contribution in [3.8, 4) is 28.8 Å². The van der Waals surface area contributed by atoms with Crippen molar-refractivity contribution in [2.24, 2.45) is 0 Å². The van der Waals surface area contributed by atoms with Crippen LogP contribution in [0.15, 0.2) is 66.5 Å². The zero-order chi connectivity index (χ0) is 31.6. The van der Waals surface area contributed by atoms with Crippen molar-refractivity contribution in [2.45, 2.75) is 38.3 Å². The maximum atomic E-state index is 15.6. The van der Waals surface area contributed by atoms with E-state index < -0.39 is 11.4 Å². The van der Waals surface area contributed by atoms with Gasteiger partial charge in [-0.2, -0.15) is 10.4 Å². The number of rotatable bonds is 7. The first kappa shape index (κ1) is 30.2. The van der Waals surface area contributed by atoms with Crippen molar-refractivity contribution in [3.05, 3.63) is 72.3 Å². The Balaban J connectivity index is 1.28. The lowest BCUT2D eigenvalue weighted by Crippen LogP contribution is -2.53. The Morgan fingerprint density at radius 2 is 1.91 bits per heavy atom. The number of aromatic nitrogens is 4. The van der Waals surface area contributed by atoms with Gasteiger partial charge < -0.3 is 20.7 Å². The molecule has 232 valence electrons. The van der Waals surface area contributed by atoms with E-state index in [4.69, 9.17) is 15.6 Å². The highest BCUT2D eigenvalue weighted by molar-refractivity contribution is 5.99. The number of piperidine rings is 1. The van der Waals surface area contributed by atoms with Gasteiger partial charge in [0.15, 0.2) is 5.65 Å². The zero-order valence-corrected chi connectivity index (χ0v) is 25.4. The molecular weight excluding hydrogens is 573 g/mol. The van der Waals surface area contributed by atoms with Crippen molar-refractivity contribution >= 4 is 22.8 Å². The molecule has 0 radical (unpaired) electrons. The summed E-state index contributed by atoms with van der Waals surface area (Å²) < 4.78 is 23.1. The predicted octanol–water partition coefficient (Wildman–Crippen LogP) is 4.30. The summed E-state index contributed by atoms with van der Waals surface area (Å²) in [5, 5.41) is 18.6. The van der Waals surface area contributed by atoms with E-state index in [1.807, 2.05) is 32.0 Å². The number of nitrogen functional groups attached to an aromatic ring is 1. The summed E-state index contributed by atoms with van der Waals surface area (Å²) in [6, 6.07) is 15.6. The molecule has 11 nitrogen and oxygen atoms in total. The summed E-state index contributed by atoms with van der Waals surface area (Å²) in [5.41, 5.74) is 6.97. The molecule has 0 spiro atoms. The second kappa shape index (κ2) is 12.6. The first-order valence-corrected chi connectivity index (χ1v) is 15.1. The van der Waals surface area contributed by atoms with Gasteiger partial charge in [0.2, 0.25) is 0 Å². The molecule has 2 aromatic heterocycles. The highest BCUT2D eigenvalue weighted by Gasteiger charge is 2.33. The Morgan fingerprint density at radius 1 is 1.13 bits per heavy atom. The van der Waals surface area contributed by atoms with Gasteiger partial charge >= 0.3 is 0 Å². The number of nitrogens with zero attached hydrogens (tertiary/aromatic N) is 7. The summed E-state index contributed by atoms with van der Waals surface area (Å²) in [4.78, 5) is 26.3. The fraction of sp³-hybridized carbons (Fsp3) is 0.364. The molecule has 6 rings (SSSR count). The quantitative estimate of drug-likeness (QED) is 0.232. The third-order valence-electron chi connectivity index (χ3n) is 8.50. The lowest BCUT2D eigenvalue weighted by molar-refractivity contribution is -0.128. The number of halogens is 1. The highest BCUT2D eigenvalue weighted by atomic mass is 19.1. The number of piperazine rings is 1. The number of benzene rings is 2. The molecule has 2 aromatic carbocycles. The number of carbonyl (C=O) groups is 1. The van der Waals surface area contributed by atoms with Gasteiger partial charge in [0.1, 0.15) is 46.8 Å². The number of para-hydroxylation sites is 1. The predicted molar refractivity (Wildman–Crippen MR) is 169 cm³/mol. The van der Waals surface area contributed by atoms with E-state index >= 15 is 4.39 Å². The fourth-order valence-corrected chi connectivity index (χ4v) is 6.15. The smallest absolute Gasteiger partial charge is 0.264 e. The monoisotopic (exact) mass is 609 g/mol. The van der Waals surface area contributed by atoms with Gasteiger partial charge in [0.05, 0.1) is 11.4 Å². The van der Waals surface area contributed by atoms with E-state index in [-0.39, 0.29) is 28.9 Å². The second-order valence-corrected chi connectivity index (χ2v) is 11.9. The maximum absolute atomic E-state index is 15.6. The summed E-state index contributed by atoms with van der Waals surface area (Å²) in [6.45, 7) is 8.30. The molecular formula is C33H36FN9O2. The Hall–Kier alpha value is -4.86. The molecule has 0 saturated carbocycles. The molecule has 2 fully saturated rings. The number of hydrogen-bond donors (Lipinski definition) is 2. The van der Waals surface area contributed by atoms with E-state index in [0.29, 0.717) is 54.2 Å². The molecule has 45 heavy (non-hydrogen) atoms. The summed E-state index contributed by atoms with van der Waals surface area (Å²) in [7, 11) is 0. The number of amides is 1. The molecule has 2 saturated heterocycles. The Morgan fingerprint density at radius 3 is 2.64 bits per heavy atom. The molecule has 2 aliphatic heterocycles. The first-order valence-electron chi connectivity index (χ1n) is 15.1. The van der Waals surface area contributed by atoms with Crippen LogP contribution in [0.25, 0.3) is 22.3 Å². The number of ether oxygens (including phenoxy) is 1. The Bertz CT molecular complexity index is 1770. The maximum Gasteiger partial charge on any atom is 0.264 e. The summed E-state index contributed by atoms with van der Waals surface area (Å²) >= 11 is 0. The minimum atomic E-state index is -0.533. The molecule has 0 bridgehead atoms. The molecule has 3 N–H and O–H groups in total. The normalized spacial score (nSPS) is 18.1. The lowest BCUT2D eigenvalue weighted by atomic mass is 9.97. The van der Waals surface area contributed by atoms with E-state index in [1.54, 1.807) is 39.9 Å². The lowest BCUT2D eigenvalue weighted by Gasteiger charge is -2.39.